The fraction of sp³-hybridized carbons (Fsp3) is 0.176. The largest absolute Gasteiger partial charge is 0.398 e. The molecular formula is C17H17N3O. The summed E-state index contributed by atoms with van der Waals surface area (Å²) in [5, 5.41) is 4.04. The molecule has 0 saturated carbocycles. The predicted octanol–water partition coefficient (Wildman–Crippen LogP) is 4.11. The topological polar surface area (TPSA) is 64.9 Å². The molecular weight excluding hydrogens is 262 g/mol. The Balaban J connectivity index is 1.93. The third kappa shape index (κ3) is 2.65. The highest BCUT2D eigenvalue weighted by Crippen LogP contribution is 2.27. The number of rotatable bonds is 3. The van der Waals surface area contributed by atoms with Crippen molar-refractivity contribution >= 4 is 5.69 Å². The molecule has 0 radical (unpaired) electrons. The molecule has 3 aromatic rings. The van der Waals surface area contributed by atoms with Crippen molar-refractivity contribution in [3.05, 3.63) is 54.1 Å². The van der Waals surface area contributed by atoms with Gasteiger partial charge in [0.25, 0.3) is 5.89 Å². The number of aromatic nitrogens is 2. The van der Waals surface area contributed by atoms with Gasteiger partial charge in [-0.05, 0) is 23.6 Å². The van der Waals surface area contributed by atoms with Crippen LogP contribution in [0.2, 0.25) is 0 Å². The number of para-hydroxylation sites is 1. The van der Waals surface area contributed by atoms with Crippen LogP contribution in [0.5, 0.6) is 0 Å². The number of benzene rings is 2. The fourth-order valence-electron chi connectivity index (χ4n) is 2.16. The van der Waals surface area contributed by atoms with E-state index in [1.165, 1.54) is 5.56 Å². The Morgan fingerprint density at radius 2 is 1.71 bits per heavy atom. The van der Waals surface area contributed by atoms with Crippen molar-refractivity contribution < 1.29 is 4.52 Å². The number of nitrogen functional groups attached to an aromatic ring is 1. The molecule has 0 atom stereocenters. The maximum Gasteiger partial charge on any atom is 0.260 e. The molecule has 0 amide bonds. The van der Waals surface area contributed by atoms with Crippen molar-refractivity contribution in [1.29, 1.82) is 0 Å². The summed E-state index contributed by atoms with van der Waals surface area (Å²) in [4.78, 5) is 4.43. The molecule has 1 aromatic heterocycles. The second-order valence-electron chi connectivity index (χ2n) is 5.29. The van der Waals surface area contributed by atoms with Gasteiger partial charge in [-0.15, -0.1) is 0 Å². The molecule has 0 spiro atoms. The monoisotopic (exact) mass is 279 g/mol. The van der Waals surface area contributed by atoms with Gasteiger partial charge in [-0.1, -0.05) is 55.4 Å². The van der Waals surface area contributed by atoms with Gasteiger partial charge in [0, 0.05) is 11.3 Å². The molecule has 0 unspecified atom stereocenters. The van der Waals surface area contributed by atoms with E-state index in [0.29, 0.717) is 23.3 Å². The lowest BCUT2D eigenvalue weighted by Crippen LogP contribution is -1.89. The quantitative estimate of drug-likeness (QED) is 0.733. The average molecular weight is 279 g/mol. The molecule has 2 N–H and O–H groups in total. The lowest BCUT2D eigenvalue weighted by atomic mass is 10.0. The summed E-state index contributed by atoms with van der Waals surface area (Å²) in [6.45, 7) is 4.33. The highest BCUT2D eigenvalue weighted by atomic mass is 16.5. The molecule has 0 aliphatic rings. The summed E-state index contributed by atoms with van der Waals surface area (Å²) >= 11 is 0. The Hall–Kier alpha value is -2.62. The van der Waals surface area contributed by atoms with Gasteiger partial charge in [0.15, 0.2) is 0 Å². The van der Waals surface area contributed by atoms with Crippen LogP contribution in [0.4, 0.5) is 5.69 Å². The third-order valence-electron chi connectivity index (χ3n) is 3.45. The van der Waals surface area contributed by atoms with E-state index in [2.05, 4.69) is 36.1 Å². The van der Waals surface area contributed by atoms with Gasteiger partial charge in [-0.25, -0.2) is 0 Å². The first-order chi connectivity index (χ1) is 10.1. The minimum absolute atomic E-state index is 0.441. The molecule has 0 aliphatic heterocycles. The standard InChI is InChI=1S/C17H17N3O/c1-11(2)12-7-9-13(10-8-12)16-19-17(21-20-16)14-5-3-4-6-15(14)18/h3-11H,18H2,1-2H3. The van der Waals surface area contributed by atoms with Gasteiger partial charge >= 0.3 is 0 Å². The molecule has 21 heavy (non-hydrogen) atoms. The zero-order chi connectivity index (χ0) is 14.8. The minimum Gasteiger partial charge on any atom is -0.398 e. The summed E-state index contributed by atoms with van der Waals surface area (Å²) in [6.07, 6.45) is 0. The highest BCUT2D eigenvalue weighted by molar-refractivity contribution is 5.71. The van der Waals surface area contributed by atoms with E-state index in [-0.39, 0.29) is 0 Å². The van der Waals surface area contributed by atoms with Crippen LogP contribution >= 0.6 is 0 Å². The molecule has 2 aromatic carbocycles. The molecule has 0 bridgehead atoms. The van der Waals surface area contributed by atoms with Crippen molar-refractivity contribution in [2.45, 2.75) is 19.8 Å². The summed E-state index contributed by atoms with van der Waals surface area (Å²) in [7, 11) is 0. The van der Waals surface area contributed by atoms with E-state index >= 15 is 0 Å². The first kappa shape index (κ1) is 13.4. The molecule has 3 rings (SSSR count). The summed E-state index contributed by atoms with van der Waals surface area (Å²) in [6, 6.07) is 15.7. The first-order valence-corrected chi connectivity index (χ1v) is 6.94. The number of nitrogens with zero attached hydrogens (tertiary/aromatic N) is 2. The van der Waals surface area contributed by atoms with Gasteiger partial charge in [0.05, 0.1) is 5.56 Å². The van der Waals surface area contributed by atoms with Gasteiger partial charge in [0.2, 0.25) is 5.82 Å². The molecule has 0 aliphatic carbocycles. The number of hydrogen-bond donors (Lipinski definition) is 1. The van der Waals surface area contributed by atoms with Gasteiger partial charge < -0.3 is 10.3 Å². The van der Waals surface area contributed by atoms with E-state index < -0.39 is 0 Å². The second-order valence-corrected chi connectivity index (χ2v) is 5.29. The molecule has 0 fully saturated rings. The van der Waals surface area contributed by atoms with Crippen molar-refractivity contribution in [3.63, 3.8) is 0 Å². The van der Waals surface area contributed by atoms with Crippen molar-refractivity contribution in [3.8, 4) is 22.8 Å². The van der Waals surface area contributed by atoms with Crippen LogP contribution in [-0.2, 0) is 0 Å². The smallest absolute Gasteiger partial charge is 0.260 e. The Labute approximate surface area is 123 Å². The number of nitrogens with two attached hydrogens (primary N) is 1. The Kier molecular flexibility index (Phi) is 3.44. The SMILES string of the molecule is CC(C)c1ccc(-c2noc(-c3ccccc3N)n2)cc1. The van der Waals surface area contributed by atoms with Crippen molar-refractivity contribution in [1.82, 2.24) is 10.1 Å². The van der Waals surface area contributed by atoms with Crippen LogP contribution in [0, 0.1) is 0 Å². The van der Waals surface area contributed by atoms with Gasteiger partial charge in [-0.3, -0.25) is 0 Å². The number of hydrogen-bond acceptors (Lipinski definition) is 4. The minimum atomic E-state index is 0.441. The molecule has 106 valence electrons. The van der Waals surface area contributed by atoms with E-state index in [1.807, 2.05) is 36.4 Å². The maximum atomic E-state index is 5.93. The zero-order valence-electron chi connectivity index (χ0n) is 12.1. The molecule has 4 nitrogen and oxygen atoms in total. The maximum absolute atomic E-state index is 5.93. The first-order valence-electron chi connectivity index (χ1n) is 6.94. The van der Waals surface area contributed by atoms with Crippen LogP contribution in [0.25, 0.3) is 22.8 Å². The van der Waals surface area contributed by atoms with E-state index in [0.717, 1.165) is 11.1 Å². The van der Waals surface area contributed by atoms with Crippen molar-refractivity contribution in [2.24, 2.45) is 0 Å². The second kappa shape index (κ2) is 5.40. The summed E-state index contributed by atoms with van der Waals surface area (Å²) in [5.41, 5.74) is 9.53. The van der Waals surface area contributed by atoms with Crippen LogP contribution < -0.4 is 5.73 Å². The Morgan fingerprint density at radius 3 is 2.38 bits per heavy atom. The normalized spacial score (nSPS) is 11.0. The van der Waals surface area contributed by atoms with Crippen LogP contribution in [0.1, 0.15) is 25.3 Å². The van der Waals surface area contributed by atoms with E-state index in [9.17, 15) is 0 Å². The molecule has 1 heterocycles. The van der Waals surface area contributed by atoms with Crippen LogP contribution in [-0.4, -0.2) is 10.1 Å². The Bertz CT molecular complexity index is 745. The average Bonchev–Trinajstić information content (AvgIpc) is 2.97. The summed E-state index contributed by atoms with van der Waals surface area (Å²) < 4.78 is 5.32. The van der Waals surface area contributed by atoms with E-state index in [1.54, 1.807) is 0 Å². The van der Waals surface area contributed by atoms with E-state index in [4.69, 9.17) is 10.3 Å². The zero-order valence-corrected chi connectivity index (χ0v) is 12.1. The van der Waals surface area contributed by atoms with Gasteiger partial charge in [-0.2, -0.15) is 4.98 Å². The highest BCUT2D eigenvalue weighted by Gasteiger charge is 2.12. The summed E-state index contributed by atoms with van der Waals surface area (Å²) in [5.74, 6) is 1.52. The van der Waals surface area contributed by atoms with Crippen molar-refractivity contribution in [2.75, 3.05) is 5.73 Å². The number of anilines is 1. The van der Waals surface area contributed by atoms with Gasteiger partial charge in [0.1, 0.15) is 0 Å². The fourth-order valence-corrected chi connectivity index (χ4v) is 2.16. The molecule has 4 heteroatoms. The predicted molar refractivity (Wildman–Crippen MR) is 83.7 cm³/mol. The van der Waals surface area contributed by atoms with Crippen LogP contribution in [0.3, 0.4) is 0 Å². The lowest BCUT2D eigenvalue weighted by Gasteiger charge is -2.04. The third-order valence-corrected chi connectivity index (χ3v) is 3.45. The molecule has 0 saturated heterocycles. The lowest BCUT2D eigenvalue weighted by molar-refractivity contribution is 0.432. The van der Waals surface area contributed by atoms with Crippen LogP contribution in [0.15, 0.2) is 53.1 Å². The Morgan fingerprint density at radius 1 is 1.00 bits per heavy atom.